The molecule has 10 nitrogen and oxygen atoms in total. The Hall–Kier alpha value is -3.67. The molecular weight excluding hydrogens is 645 g/mol. The third-order valence-corrected chi connectivity index (χ3v) is 12.7. The molecule has 2 fully saturated rings. The van der Waals surface area contributed by atoms with Crippen molar-refractivity contribution in [1.29, 1.82) is 5.26 Å². The number of nitriles is 1. The zero-order valence-electron chi connectivity index (χ0n) is 27.7. The van der Waals surface area contributed by atoms with Crippen LogP contribution in [0.2, 0.25) is 25.7 Å². The number of amides is 1. The predicted octanol–water partition coefficient (Wildman–Crippen LogP) is 6.91. The van der Waals surface area contributed by atoms with Gasteiger partial charge in [0.05, 0.1) is 11.3 Å². The van der Waals surface area contributed by atoms with Crippen molar-refractivity contribution in [2.45, 2.75) is 76.2 Å². The van der Waals surface area contributed by atoms with Gasteiger partial charge < -0.3 is 14.6 Å². The van der Waals surface area contributed by atoms with Crippen molar-refractivity contribution in [2.75, 3.05) is 13.3 Å². The lowest BCUT2D eigenvalue weighted by Gasteiger charge is -2.47. The topological polar surface area (TPSA) is 138 Å². The predicted molar refractivity (Wildman–Crippen MR) is 177 cm³/mol. The number of pyridine rings is 2. The number of hydrogen-bond acceptors (Lipinski definition) is 9. The summed E-state index contributed by atoms with van der Waals surface area (Å²) in [5.41, 5.74) is -2.62. The van der Waals surface area contributed by atoms with Crippen LogP contribution >= 0.6 is 11.8 Å². The first-order valence-electron chi connectivity index (χ1n) is 15.3. The van der Waals surface area contributed by atoms with Crippen molar-refractivity contribution in [3.63, 3.8) is 0 Å². The van der Waals surface area contributed by atoms with E-state index in [1.807, 2.05) is 13.0 Å². The smallest absolute Gasteiger partial charge is 0.418 e. The normalized spacial score (nSPS) is 27.9. The molecule has 2 aromatic rings. The zero-order valence-corrected chi connectivity index (χ0v) is 29.5. The first-order valence-corrected chi connectivity index (χ1v) is 19.8. The van der Waals surface area contributed by atoms with Crippen LogP contribution in [0.5, 0.6) is 0 Å². The van der Waals surface area contributed by atoms with E-state index in [1.54, 1.807) is 27.7 Å². The minimum absolute atomic E-state index is 0.0101. The highest BCUT2D eigenvalue weighted by atomic mass is 32.2. The van der Waals surface area contributed by atoms with E-state index in [2.05, 4.69) is 29.6 Å². The summed E-state index contributed by atoms with van der Waals surface area (Å²) in [5.74, 6) is -3.82. The number of ether oxygens (including phenoxy) is 2. The molecule has 47 heavy (non-hydrogen) atoms. The minimum Gasteiger partial charge on any atom is -0.480 e. The second kappa shape index (κ2) is 11.8. The number of halogens is 2. The number of aromatic nitrogens is 2. The number of carboxylic acid groups (broad SMARTS) is 1. The molecule has 2 unspecified atom stereocenters. The van der Waals surface area contributed by atoms with Gasteiger partial charge in [0, 0.05) is 44.0 Å². The van der Waals surface area contributed by atoms with Crippen LogP contribution in [0.4, 0.5) is 13.6 Å². The molecule has 1 aliphatic heterocycles. The number of nitrogens with zero attached hydrogens (tertiary/aromatic N) is 5. The Labute approximate surface area is 278 Å². The van der Waals surface area contributed by atoms with E-state index in [0.717, 1.165) is 23.9 Å². The highest BCUT2D eigenvalue weighted by Gasteiger charge is 2.97. The number of hydrogen-bond donors (Lipinski definition) is 1. The van der Waals surface area contributed by atoms with E-state index in [-0.39, 0.29) is 34.3 Å². The second-order valence-electron chi connectivity index (χ2n) is 14.7. The highest BCUT2D eigenvalue weighted by molar-refractivity contribution is 8.15. The molecule has 2 saturated carbocycles. The molecule has 5 rings (SSSR count). The fourth-order valence-electron chi connectivity index (χ4n) is 6.86. The molecule has 0 aromatic carbocycles. The van der Waals surface area contributed by atoms with Crippen molar-refractivity contribution in [3.8, 4) is 6.07 Å². The summed E-state index contributed by atoms with van der Waals surface area (Å²) in [6.07, 6.45) is 2.78. The van der Waals surface area contributed by atoms with Gasteiger partial charge in [-0.1, -0.05) is 45.3 Å². The van der Waals surface area contributed by atoms with E-state index in [1.165, 1.54) is 35.5 Å². The number of carbonyl (C=O) groups excluding carboxylic acids is 1. The van der Waals surface area contributed by atoms with E-state index in [9.17, 15) is 14.7 Å². The molecule has 1 N–H and O–H groups in total. The largest absolute Gasteiger partial charge is 0.480 e. The Morgan fingerprint density at radius 1 is 1.23 bits per heavy atom. The maximum atomic E-state index is 15.8. The first-order chi connectivity index (χ1) is 21.8. The number of amidine groups is 1. The molecule has 250 valence electrons. The van der Waals surface area contributed by atoms with E-state index < -0.39 is 65.0 Å². The summed E-state index contributed by atoms with van der Waals surface area (Å²) >= 11 is 0.963. The molecule has 1 amide bonds. The second-order valence-corrected chi connectivity index (χ2v) is 21.6. The number of carboxylic acids is 1. The van der Waals surface area contributed by atoms with Gasteiger partial charge in [-0.2, -0.15) is 9.65 Å². The number of aliphatic imine (C=N–C) groups is 1. The van der Waals surface area contributed by atoms with Crippen LogP contribution in [0.15, 0.2) is 35.6 Å². The van der Waals surface area contributed by atoms with Gasteiger partial charge in [-0.15, -0.1) is 0 Å². The summed E-state index contributed by atoms with van der Waals surface area (Å²) in [7, 11) is -1.46. The average molecular weight is 684 g/mol. The summed E-state index contributed by atoms with van der Waals surface area (Å²) in [5, 5.41) is 19.7. The van der Waals surface area contributed by atoms with Crippen molar-refractivity contribution >= 4 is 49.0 Å². The summed E-state index contributed by atoms with van der Waals surface area (Å²) in [6, 6.07) is 6.97. The number of fused-ring (bicyclic) bond motifs is 1. The van der Waals surface area contributed by atoms with Gasteiger partial charge in [-0.05, 0) is 62.6 Å². The van der Waals surface area contributed by atoms with E-state index in [0.29, 0.717) is 6.61 Å². The number of carbonyl (C=O) groups is 2. The Bertz CT molecular complexity index is 1720. The third kappa shape index (κ3) is 5.76. The molecule has 0 bridgehead atoms. The van der Waals surface area contributed by atoms with Gasteiger partial charge in [0.15, 0.2) is 5.17 Å². The van der Waals surface area contributed by atoms with Crippen molar-refractivity contribution in [3.05, 3.63) is 58.9 Å². The summed E-state index contributed by atoms with van der Waals surface area (Å²) in [4.78, 5) is 40.8. The average Bonchev–Trinajstić information content (AvgIpc) is 3.54. The minimum atomic E-state index is -1.46. The molecule has 2 aliphatic carbocycles. The van der Waals surface area contributed by atoms with Crippen LogP contribution in [0.25, 0.3) is 11.9 Å². The lowest BCUT2D eigenvalue weighted by atomic mass is 9.65. The van der Waals surface area contributed by atoms with Gasteiger partial charge in [0.2, 0.25) is 5.95 Å². The number of thioether (sulfide) groups is 1. The summed E-state index contributed by atoms with van der Waals surface area (Å²) in [6.45, 7) is 15.6. The lowest BCUT2D eigenvalue weighted by Crippen LogP contribution is -2.58. The van der Waals surface area contributed by atoms with E-state index >= 15 is 8.78 Å². The molecule has 0 saturated heterocycles. The van der Waals surface area contributed by atoms with E-state index in [4.69, 9.17) is 19.7 Å². The van der Waals surface area contributed by atoms with Crippen LogP contribution in [0.1, 0.15) is 57.0 Å². The van der Waals surface area contributed by atoms with Gasteiger partial charge in [-0.3, -0.25) is 9.78 Å². The van der Waals surface area contributed by atoms with Crippen molar-refractivity contribution in [2.24, 2.45) is 22.2 Å². The van der Waals surface area contributed by atoms with Crippen molar-refractivity contribution < 1.29 is 33.0 Å². The fourth-order valence-corrected chi connectivity index (χ4v) is 9.38. The molecule has 5 atom stereocenters. The van der Waals surface area contributed by atoms with Gasteiger partial charge in [-0.25, -0.2) is 24.1 Å². The van der Waals surface area contributed by atoms with Crippen LogP contribution in [0.3, 0.4) is 0 Å². The number of aliphatic carboxylic acids is 1. The Kier molecular flexibility index (Phi) is 8.69. The number of rotatable bonds is 9. The third-order valence-electron chi connectivity index (χ3n) is 9.36. The molecule has 0 spiro atoms. The Morgan fingerprint density at radius 2 is 1.94 bits per heavy atom. The standard InChI is InChI=1S/C33H39F2N5O5SSi/c1-19-31(5)26-32(19,27(41)42)46-28(40(29(43)45-30(2,3)4)18-44-11-12-47(6,7)8)39-33(26,31)22-13-21(17-38-25(22)35)14-23(34)24-10-9-20(15-36)16-37-24/h9-10,13-14,16-17,19,26H,11-12,18H2,1-8H3,(H,41,42)/b23-14-/t19-,26?,31?,32-,33-/m0/s1. The van der Waals surface area contributed by atoms with Gasteiger partial charge in [0.1, 0.15) is 34.5 Å². The first kappa shape index (κ1) is 34.7. The van der Waals surface area contributed by atoms with Crippen LogP contribution in [-0.2, 0) is 19.8 Å². The molecule has 2 aromatic heterocycles. The highest BCUT2D eigenvalue weighted by Crippen LogP contribution is 2.91. The fraction of sp³-hybridized carbons (Fsp3) is 0.515. The monoisotopic (exact) mass is 683 g/mol. The maximum absolute atomic E-state index is 15.8. The molecular formula is C33H39F2N5O5SSi. The van der Waals surface area contributed by atoms with Crippen LogP contribution < -0.4 is 0 Å². The lowest BCUT2D eigenvalue weighted by molar-refractivity contribution is -0.147. The molecule has 3 aliphatic rings. The van der Waals surface area contributed by atoms with Crippen LogP contribution in [0, 0.1) is 34.5 Å². The molecule has 0 radical (unpaired) electrons. The Balaban J connectivity index is 1.60. The molecule has 3 heterocycles. The summed E-state index contributed by atoms with van der Waals surface area (Å²) < 4.78 is 41.3. The SMILES string of the molecule is C[C@H]1C2(C)C3[C@@]1(C(=O)O)SC(N(COCC[Si](C)(C)C)C(=O)OC(C)(C)C)=N[C@@]32c1cc(/C=C(\F)c2ccc(C#N)cn2)cnc1F. The Morgan fingerprint density at radius 3 is 2.51 bits per heavy atom. The quantitative estimate of drug-likeness (QED) is 0.129. The van der Waals surface area contributed by atoms with Crippen molar-refractivity contribution in [1.82, 2.24) is 14.9 Å². The van der Waals surface area contributed by atoms with Crippen LogP contribution in [-0.4, -0.2) is 69.0 Å². The maximum Gasteiger partial charge on any atom is 0.418 e. The van der Waals surface area contributed by atoms with Gasteiger partial charge >= 0.3 is 12.1 Å². The van der Waals surface area contributed by atoms with Gasteiger partial charge in [0.25, 0.3) is 0 Å². The molecule has 14 heteroatoms. The zero-order chi connectivity index (χ0) is 34.7.